The summed E-state index contributed by atoms with van der Waals surface area (Å²) >= 11 is 1.53. The van der Waals surface area contributed by atoms with Crippen molar-refractivity contribution in [3.8, 4) is 5.75 Å². The Morgan fingerprint density at radius 3 is 2.32 bits per heavy atom. The lowest BCUT2D eigenvalue weighted by Crippen LogP contribution is -2.44. The van der Waals surface area contributed by atoms with Gasteiger partial charge in [-0.3, -0.25) is 0 Å². The van der Waals surface area contributed by atoms with Crippen LogP contribution in [-0.4, -0.2) is 25.6 Å². The van der Waals surface area contributed by atoms with Gasteiger partial charge < -0.3 is 9.53 Å². The summed E-state index contributed by atoms with van der Waals surface area (Å²) in [5.41, 5.74) is 0.247. The monoisotopic (exact) mass is 298 g/mol. The fraction of sp³-hybridized carbons (Fsp3) is 0.500. The molecule has 3 nitrogen and oxygen atoms in total. The highest BCUT2D eigenvalue weighted by Gasteiger charge is 2.39. The smallest absolute Gasteiger partial charge is 0.339 e. The van der Waals surface area contributed by atoms with E-state index in [0.717, 1.165) is 4.90 Å². The van der Waals surface area contributed by atoms with E-state index in [4.69, 9.17) is 4.43 Å². The molecule has 0 spiro atoms. The average Bonchev–Trinajstić information content (AvgIpc) is 2.27. The van der Waals surface area contributed by atoms with Crippen LogP contribution in [0.15, 0.2) is 23.1 Å². The van der Waals surface area contributed by atoms with Gasteiger partial charge in [0, 0.05) is 4.90 Å². The predicted molar refractivity (Wildman–Crippen MR) is 83.0 cm³/mol. The molecule has 0 bridgehead atoms. The maximum Gasteiger partial charge on any atom is 0.339 e. The number of carboxylic acids is 1. The highest BCUT2D eigenvalue weighted by atomic mass is 32.2. The molecular weight excluding hydrogens is 276 g/mol. The van der Waals surface area contributed by atoms with Crippen molar-refractivity contribution in [3.05, 3.63) is 23.8 Å². The van der Waals surface area contributed by atoms with Crippen LogP contribution in [0.25, 0.3) is 0 Å². The van der Waals surface area contributed by atoms with Crippen LogP contribution in [0.4, 0.5) is 0 Å². The maximum absolute atomic E-state index is 11.4. The molecule has 1 aromatic rings. The van der Waals surface area contributed by atoms with Crippen molar-refractivity contribution >= 4 is 26.0 Å². The van der Waals surface area contributed by atoms with E-state index >= 15 is 0 Å². The second kappa shape index (κ2) is 5.59. The molecule has 0 aromatic heterocycles. The number of rotatable bonds is 4. The number of thioether (sulfide) groups is 1. The van der Waals surface area contributed by atoms with Gasteiger partial charge in [0.1, 0.15) is 11.3 Å². The first-order chi connectivity index (χ1) is 8.58. The third-order valence-corrected chi connectivity index (χ3v) is 8.66. The number of carboxylic acid groups (broad SMARTS) is 1. The van der Waals surface area contributed by atoms with E-state index in [1.165, 1.54) is 11.8 Å². The Morgan fingerprint density at radius 1 is 1.32 bits per heavy atom. The van der Waals surface area contributed by atoms with Gasteiger partial charge in [0.05, 0.1) is 0 Å². The van der Waals surface area contributed by atoms with E-state index in [0.29, 0.717) is 5.75 Å². The largest absolute Gasteiger partial charge is 0.543 e. The van der Waals surface area contributed by atoms with Crippen molar-refractivity contribution in [1.82, 2.24) is 0 Å². The van der Waals surface area contributed by atoms with Crippen LogP contribution < -0.4 is 4.43 Å². The Hall–Kier alpha value is -0.943. The highest BCUT2D eigenvalue weighted by Crippen LogP contribution is 2.38. The summed E-state index contributed by atoms with van der Waals surface area (Å²) in [6, 6.07) is 5.35. The molecule has 0 aliphatic heterocycles. The molecule has 0 amide bonds. The van der Waals surface area contributed by atoms with Crippen LogP contribution in [0.3, 0.4) is 0 Å². The van der Waals surface area contributed by atoms with Crippen LogP contribution in [0.5, 0.6) is 5.75 Å². The van der Waals surface area contributed by atoms with Gasteiger partial charge in [0.15, 0.2) is 0 Å². The van der Waals surface area contributed by atoms with E-state index < -0.39 is 14.3 Å². The summed E-state index contributed by atoms with van der Waals surface area (Å²) in [5, 5.41) is 9.35. The second-order valence-electron chi connectivity index (χ2n) is 6.03. The van der Waals surface area contributed by atoms with Gasteiger partial charge >= 0.3 is 5.97 Å². The first kappa shape index (κ1) is 16.1. The van der Waals surface area contributed by atoms with Crippen LogP contribution in [-0.2, 0) is 0 Å². The fourth-order valence-electron chi connectivity index (χ4n) is 1.32. The van der Waals surface area contributed by atoms with Crippen LogP contribution >= 0.6 is 11.8 Å². The lowest BCUT2D eigenvalue weighted by atomic mass is 10.2. The summed E-state index contributed by atoms with van der Waals surface area (Å²) < 4.78 is 6.11. The topological polar surface area (TPSA) is 46.5 Å². The average molecular weight is 298 g/mol. The quantitative estimate of drug-likeness (QED) is 0.657. The minimum atomic E-state index is -2.02. The van der Waals surface area contributed by atoms with Gasteiger partial charge in [-0.15, -0.1) is 11.8 Å². The maximum atomic E-state index is 11.4. The number of hydrogen-bond acceptors (Lipinski definition) is 3. The molecule has 0 saturated heterocycles. The molecule has 1 N–H and O–H groups in total. The van der Waals surface area contributed by atoms with Gasteiger partial charge in [0.2, 0.25) is 0 Å². The summed E-state index contributed by atoms with van der Waals surface area (Å²) in [6.45, 7) is 10.6. The molecule has 0 aliphatic carbocycles. The van der Waals surface area contributed by atoms with Crippen LogP contribution in [0, 0.1) is 0 Å². The van der Waals surface area contributed by atoms with E-state index in [1.54, 1.807) is 12.1 Å². The minimum absolute atomic E-state index is 0.0426. The van der Waals surface area contributed by atoms with Crippen LogP contribution in [0.1, 0.15) is 31.1 Å². The molecule has 19 heavy (non-hydrogen) atoms. The minimum Gasteiger partial charge on any atom is -0.543 e. The fourth-order valence-corrected chi connectivity index (χ4v) is 2.79. The van der Waals surface area contributed by atoms with Gasteiger partial charge in [-0.2, -0.15) is 0 Å². The van der Waals surface area contributed by atoms with E-state index in [1.807, 2.05) is 12.3 Å². The van der Waals surface area contributed by atoms with Crippen molar-refractivity contribution in [2.24, 2.45) is 0 Å². The third kappa shape index (κ3) is 3.76. The van der Waals surface area contributed by atoms with Crippen LogP contribution in [0.2, 0.25) is 18.1 Å². The van der Waals surface area contributed by atoms with Gasteiger partial charge in [-0.25, -0.2) is 4.79 Å². The summed E-state index contributed by atoms with van der Waals surface area (Å²) in [4.78, 5) is 12.3. The van der Waals surface area contributed by atoms with E-state index in [9.17, 15) is 9.90 Å². The molecular formula is C14H22O3SSi. The SMILES string of the molecule is CSc1ccc(O[Si](C)(C)C(C)(C)C)c(C(=O)O)c1. The first-order valence-electron chi connectivity index (χ1n) is 6.19. The molecule has 0 atom stereocenters. The van der Waals surface area contributed by atoms with Gasteiger partial charge in [-0.1, -0.05) is 20.8 Å². The molecule has 0 aliphatic rings. The highest BCUT2D eigenvalue weighted by molar-refractivity contribution is 7.98. The zero-order valence-electron chi connectivity index (χ0n) is 12.4. The Kier molecular flexibility index (Phi) is 4.74. The molecule has 0 heterocycles. The Balaban J connectivity index is 3.18. The number of aromatic carboxylic acids is 1. The number of carbonyl (C=O) groups is 1. The molecule has 1 aromatic carbocycles. The molecule has 0 saturated carbocycles. The van der Waals surface area contributed by atoms with Crippen molar-refractivity contribution in [3.63, 3.8) is 0 Å². The summed E-state index contributed by atoms with van der Waals surface area (Å²) in [7, 11) is -2.02. The lowest BCUT2D eigenvalue weighted by molar-refractivity contribution is 0.0694. The lowest BCUT2D eigenvalue weighted by Gasteiger charge is -2.36. The second-order valence-corrected chi connectivity index (χ2v) is 11.6. The first-order valence-corrected chi connectivity index (χ1v) is 10.3. The Morgan fingerprint density at radius 2 is 1.89 bits per heavy atom. The van der Waals surface area contributed by atoms with Crippen molar-refractivity contribution < 1.29 is 14.3 Å². The standard InChI is InChI=1S/C14H22O3SSi/c1-14(2,3)19(5,6)17-12-8-7-10(18-4)9-11(12)13(15)16/h7-9H,1-6H3,(H,15,16). The van der Waals surface area contributed by atoms with Crippen molar-refractivity contribution in [2.75, 3.05) is 6.26 Å². The molecule has 0 unspecified atom stereocenters. The van der Waals surface area contributed by atoms with Gasteiger partial charge in [0.25, 0.3) is 8.32 Å². The number of benzene rings is 1. The molecule has 0 fully saturated rings. The number of hydrogen-bond donors (Lipinski definition) is 1. The summed E-state index contributed by atoms with van der Waals surface area (Å²) in [5.74, 6) is -0.457. The normalized spacial score (nSPS) is 12.3. The molecule has 0 radical (unpaired) electrons. The Bertz CT molecular complexity index is 478. The Labute approximate surface area is 120 Å². The van der Waals surface area contributed by atoms with Crippen molar-refractivity contribution in [1.29, 1.82) is 0 Å². The molecule has 106 valence electrons. The third-order valence-electron chi connectivity index (χ3n) is 3.59. The van der Waals surface area contributed by atoms with Gasteiger partial charge in [-0.05, 0) is 42.6 Å². The summed E-state index contributed by atoms with van der Waals surface area (Å²) in [6.07, 6.45) is 1.93. The zero-order valence-corrected chi connectivity index (χ0v) is 14.2. The molecule has 5 heteroatoms. The van der Waals surface area contributed by atoms with E-state index in [-0.39, 0.29) is 10.6 Å². The van der Waals surface area contributed by atoms with E-state index in [2.05, 4.69) is 33.9 Å². The van der Waals surface area contributed by atoms with Crippen molar-refractivity contribution in [2.45, 2.75) is 43.8 Å². The molecule has 1 rings (SSSR count). The zero-order chi connectivity index (χ0) is 14.8. The predicted octanol–water partition coefficient (Wildman–Crippen LogP) is 4.49.